The number of hydrogen-bond donors (Lipinski definition) is 1. The Kier molecular flexibility index (Phi) is 3.87. The summed E-state index contributed by atoms with van der Waals surface area (Å²) < 4.78 is 31.8. The topological polar surface area (TPSA) is 76.5 Å². The molecule has 1 aromatic carbocycles. The monoisotopic (exact) mass is 294 g/mol. The standard InChI is InChI=1S/C14H18N2O3S/c1-10-5-4-6-12(7-10)16(3)20(17,18)14-8-13(9-15)19-11(14)2/h4-8H,9,15H2,1-3H3. The summed E-state index contributed by atoms with van der Waals surface area (Å²) in [4.78, 5) is 0.155. The maximum absolute atomic E-state index is 12.6. The number of benzene rings is 1. The fraction of sp³-hybridized carbons (Fsp3) is 0.286. The Hall–Kier alpha value is -1.79. The molecule has 0 atom stereocenters. The number of furan rings is 1. The van der Waals surface area contributed by atoms with Crippen molar-refractivity contribution in [1.29, 1.82) is 0 Å². The number of aryl methyl sites for hydroxylation is 2. The van der Waals surface area contributed by atoms with Gasteiger partial charge in [-0.25, -0.2) is 8.42 Å². The van der Waals surface area contributed by atoms with Crippen LogP contribution < -0.4 is 10.0 Å². The van der Waals surface area contributed by atoms with E-state index in [0.717, 1.165) is 5.56 Å². The Morgan fingerprint density at radius 3 is 2.50 bits per heavy atom. The zero-order valence-electron chi connectivity index (χ0n) is 11.8. The van der Waals surface area contributed by atoms with E-state index in [9.17, 15) is 8.42 Å². The van der Waals surface area contributed by atoms with E-state index in [0.29, 0.717) is 17.2 Å². The minimum absolute atomic E-state index is 0.155. The first-order valence-electron chi connectivity index (χ1n) is 6.21. The van der Waals surface area contributed by atoms with Crippen LogP contribution in [0.2, 0.25) is 0 Å². The maximum atomic E-state index is 12.6. The van der Waals surface area contributed by atoms with Crippen LogP contribution in [0.15, 0.2) is 39.6 Å². The molecule has 0 radical (unpaired) electrons. The van der Waals surface area contributed by atoms with Crippen LogP contribution in [0, 0.1) is 13.8 Å². The van der Waals surface area contributed by atoms with E-state index in [4.69, 9.17) is 10.2 Å². The molecule has 20 heavy (non-hydrogen) atoms. The van der Waals surface area contributed by atoms with Gasteiger partial charge in [0.15, 0.2) is 0 Å². The molecule has 1 heterocycles. The van der Waals surface area contributed by atoms with Gasteiger partial charge in [-0.15, -0.1) is 0 Å². The molecular weight excluding hydrogens is 276 g/mol. The summed E-state index contributed by atoms with van der Waals surface area (Å²) in [5.74, 6) is 0.809. The molecule has 0 bridgehead atoms. The lowest BCUT2D eigenvalue weighted by Crippen LogP contribution is -2.26. The molecule has 108 valence electrons. The molecule has 2 N–H and O–H groups in total. The molecular formula is C14H18N2O3S. The molecule has 1 aromatic heterocycles. The largest absolute Gasteiger partial charge is 0.464 e. The quantitative estimate of drug-likeness (QED) is 0.937. The molecule has 0 aliphatic heterocycles. The lowest BCUT2D eigenvalue weighted by molar-refractivity contribution is 0.479. The van der Waals surface area contributed by atoms with Crippen LogP contribution in [0.3, 0.4) is 0 Å². The van der Waals surface area contributed by atoms with E-state index in [1.807, 2.05) is 25.1 Å². The van der Waals surface area contributed by atoms with Crippen LogP contribution in [-0.4, -0.2) is 15.5 Å². The lowest BCUT2D eigenvalue weighted by Gasteiger charge is -2.19. The summed E-state index contributed by atoms with van der Waals surface area (Å²) in [6.45, 7) is 3.71. The summed E-state index contributed by atoms with van der Waals surface area (Å²) in [5.41, 5.74) is 7.09. The van der Waals surface area contributed by atoms with Crippen molar-refractivity contribution in [2.24, 2.45) is 5.73 Å². The summed E-state index contributed by atoms with van der Waals surface area (Å²) in [5, 5.41) is 0. The number of hydrogen-bond acceptors (Lipinski definition) is 4. The number of nitrogens with two attached hydrogens (primary N) is 1. The van der Waals surface area contributed by atoms with Crippen LogP contribution >= 0.6 is 0 Å². The molecule has 6 heteroatoms. The molecule has 2 rings (SSSR count). The zero-order chi connectivity index (χ0) is 14.9. The first-order chi connectivity index (χ1) is 9.36. The van der Waals surface area contributed by atoms with E-state index in [2.05, 4.69) is 0 Å². The van der Waals surface area contributed by atoms with E-state index in [1.165, 1.54) is 17.4 Å². The Labute approximate surface area is 119 Å². The van der Waals surface area contributed by atoms with E-state index in [-0.39, 0.29) is 11.4 Å². The first kappa shape index (κ1) is 14.6. The average molecular weight is 294 g/mol. The Morgan fingerprint density at radius 1 is 1.25 bits per heavy atom. The van der Waals surface area contributed by atoms with Gasteiger partial charge in [0.2, 0.25) is 0 Å². The normalized spacial score (nSPS) is 11.6. The Bertz CT molecular complexity index is 720. The highest BCUT2D eigenvalue weighted by Crippen LogP contribution is 2.26. The molecule has 0 aliphatic rings. The van der Waals surface area contributed by atoms with Crippen molar-refractivity contribution >= 4 is 15.7 Å². The van der Waals surface area contributed by atoms with Gasteiger partial charge in [0.25, 0.3) is 10.0 Å². The second kappa shape index (κ2) is 5.30. The number of sulfonamides is 1. The van der Waals surface area contributed by atoms with Gasteiger partial charge in [-0.1, -0.05) is 12.1 Å². The third-order valence-electron chi connectivity index (χ3n) is 3.13. The summed E-state index contributed by atoms with van der Waals surface area (Å²) in [6, 6.07) is 8.79. The molecule has 0 aliphatic carbocycles. The smallest absolute Gasteiger partial charge is 0.267 e. The molecule has 0 saturated heterocycles. The Balaban J connectivity index is 2.46. The van der Waals surface area contributed by atoms with Crippen LogP contribution in [0.1, 0.15) is 17.1 Å². The first-order valence-corrected chi connectivity index (χ1v) is 7.65. The van der Waals surface area contributed by atoms with Crippen molar-refractivity contribution in [3.8, 4) is 0 Å². The van der Waals surface area contributed by atoms with Crippen molar-refractivity contribution in [3.05, 3.63) is 47.4 Å². The van der Waals surface area contributed by atoms with Crippen molar-refractivity contribution in [2.75, 3.05) is 11.4 Å². The summed E-state index contributed by atoms with van der Waals surface area (Å²) in [6.07, 6.45) is 0. The van der Waals surface area contributed by atoms with Gasteiger partial charge in [-0.2, -0.15) is 0 Å². The van der Waals surface area contributed by atoms with Crippen molar-refractivity contribution < 1.29 is 12.8 Å². The van der Waals surface area contributed by atoms with Crippen LogP contribution in [0.5, 0.6) is 0 Å². The highest BCUT2D eigenvalue weighted by Gasteiger charge is 2.26. The third kappa shape index (κ3) is 2.57. The fourth-order valence-electron chi connectivity index (χ4n) is 1.99. The van der Waals surface area contributed by atoms with Gasteiger partial charge in [0.05, 0.1) is 12.2 Å². The average Bonchev–Trinajstić information content (AvgIpc) is 2.80. The van der Waals surface area contributed by atoms with Crippen LogP contribution in [-0.2, 0) is 16.6 Å². The SMILES string of the molecule is Cc1cccc(N(C)S(=O)(=O)c2cc(CN)oc2C)c1. The summed E-state index contributed by atoms with van der Waals surface area (Å²) >= 11 is 0. The summed E-state index contributed by atoms with van der Waals surface area (Å²) in [7, 11) is -2.12. The predicted octanol–water partition coefficient (Wildman–Crippen LogP) is 2.18. The van der Waals surface area contributed by atoms with Crippen molar-refractivity contribution in [3.63, 3.8) is 0 Å². The minimum Gasteiger partial charge on any atom is -0.464 e. The molecule has 0 fully saturated rings. The highest BCUT2D eigenvalue weighted by molar-refractivity contribution is 7.92. The van der Waals surface area contributed by atoms with Gasteiger partial charge in [0, 0.05) is 13.1 Å². The minimum atomic E-state index is -3.64. The molecule has 2 aromatic rings. The van der Waals surface area contributed by atoms with Crippen molar-refractivity contribution in [1.82, 2.24) is 0 Å². The molecule has 0 amide bonds. The fourth-order valence-corrected chi connectivity index (χ4v) is 3.36. The van der Waals surface area contributed by atoms with Gasteiger partial charge in [0.1, 0.15) is 16.4 Å². The second-order valence-electron chi connectivity index (χ2n) is 4.65. The van der Waals surface area contributed by atoms with Crippen LogP contribution in [0.4, 0.5) is 5.69 Å². The lowest BCUT2D eigenvalue weighted by atomic mass is 10.2. The van der Waals surface area contributed by atoms with Gasteiger partial charge in [-0.3, -0.25) is 4.31 Å². The molecule has 0 saturated carbocycles. The predicted molar refractivity (Wildman–Crippen MR) is 78.1 cm³/mol. The second-order valence-corrected chi connectivity index (χ2v) is 6.59. The van der Waals surface area contributed by atoms with Gasteiger partial charge < -0.3 is 10.2 Å². The van der Waals surface area contributed by atoms with Gasteiger partial charge >= 0.3 is 0 Å². The van der Waals surface area contributed by atoms with E-state index < -0.39 is 10.0 Å². The van der Waals surface area contributed by atoms with Crippen molar-refractivity contribution in [2.45, 2.75) is 25.3 Å². The molecule has 0 spiro atoms. The third-order valence-corrected chi connectivity index (χ3v) is 5.02. The Morgan fingerprint density at radius 2 is 1.95 bits per heavy atom. The number of anilines is 1. The number of nitrogens with zero attached hydrogens (tertiary/aromatic N) is 1. The zero-order valence-corrected chi connectivity index (χ0v) is 12.6. The van der Waals surface area contributed by atoms with E-state index in [1.54, 1.807) is 13.0 Å². The highest BCUT2D eigenvalue weighted by atomic mass is 32.2. The molecule has 5 nitrogen and oxygen atoms in total. The van der Waals surface area contributed by atoms with Gasteiger partial charge in [-0.05, 0) is 31.5 Å². The van der Waals surface area contributed by atoms with Crippen LogP contribution in [0.25, 0.3) is 0 Å². The maximum Gasteiger partial charge on any atom is 0.267 e. The number of rotatable bonds is 4. The molecule has 0 unspecified atom stereocenters. The van der Waals surface area contributed by atoms with E-state index >= 15 is 0 Å².